The molecule has 0 spiro atoms. The molecule has 0 unspecified atom stereocenters. The van der Waals surface area contributed by atoms with Crippen LogP contribution in [-0.2, 0) is 5.41 Å². The van der Waals surface area contributed by atoms with Crippen LogP contribution < -0.4 is 9.47 Å². The molecular weight excluding hydrogens is 336 g/mol. The maximum atomic E-state index is 12.4. The largest absolute Gasteiger partial charge is 0.490 e. The summed E-state index contributed by atoms with van der Waals surface area (Å²) in [6.45, 7) is 9.04. The van der Waals surface area contributed by atoms with Crippen LogP contribution in [0.25, 0.3) is 6.08 Å². The summed E-state index contributed by atoms with van der Waals surface area (Å²) in [6.07, 6.45) is 8.57. The lowest BCUT2D eigenvalue weighted by Crippen LogP contribution is -2.11. The average molecular weight is 362 g/mol. The minimum atomic E-state index is -0.0407. The summed E-state index contributed by atoms with van der Waals surface area (Å²) in [5, 5.41) is 0. The van der Waals surface area contributed by atoms with Gasteiger partial charge in [-0.1, -0.05) is 63.1 Å². The van der Waals surface area contributed by atoms with Crippen LogP contribution in [-0.4, -0.2) is 19.0 Å². The summed E-state index contributed by atoms with van der Waals surface area (Å²) in [7, 11) is 0. The van der Waals surface area contributed by atoms with Gasteiger partial charge in [0.2, 0.25) is 0 Å². The fourth-order valence-electron chi connectivity index (χ4n) is 2.54. The number of terminal acetylenes is 1. The molecule has 0 N–H and O–H groups in total. The highest BCUT2D eigenvalue weighted by Gasteiger charge is 2.13. The first-order chi connectivity index (χ1) is 12.8. The van der Waals surface area contributed by atoms with Crippen molar-refractivity contribution >= 4 is 11.9 Å². The molecule has 0 bridgehead atoms. The topological polar surface area (TPSA) is 35.5 Å². The summed E-state index contributed by atoms with van der Waals surface area (Å²) < 4.78 is 11.1. The Labute approximate surface area is 162 Å². The molecule has 2 aromatic rings. The van der Waals surface area contributed by atoms with Crippen LogP contribution in [0.2, 0.25) is 0 Å². The van der Waals surface area contributed by atoms with Gasteiger partial charge in [-0.25, -0.2) is 0 Å². The van der Waals surface area contributed by atoms with Crippen molar-refractivity contribution in [2.75, 3.05) is 13.2 Å². The molecule has 0 aliphatic rings. The van der Waals surface area contributed by atoms with Gasteiger partial charge < -0.3 is 9.47 Å². The number of ether oxygens (including phenoxy) is 2. The Kier molecular flexibility index (Phi) is 6.85. The maximum absolute atomic E-state index is 12.4. The van der Waals surface area contributed by atoms with Crippen LogP contribution in [0.15, 0.2) is 48.5 Å². The molecule has 0 aromatic heterocycles. The Balaban J connectivity index is 2.15. The monoisotopic (exact) mass is 362 g/mol. The molecule has 27 heavy (non-hydrogen) atoms. The van der Waals surface area contributed by atoms with Gasteiger partial charge in [0.05, 0.1) is 6.61 Å². The SMILES string of the molecule is C#CCOc1ccc(/C=C/C(=O)c2ccc(C(C)(C)C)cc2)cc1OCC. The third-order valence-corrected chi connectivity index (χ3v) is 4.04. The Morgan fingerprint density at radius 3 is 2.37 bits per heavy atom. The summed E-state index contributed by atoms with van der Waals surface area (Å²) in [5.41, 5.74) is 2.78. The number of hydrogen-bond acceptors (Lipinski definition) is 3. The van der Waals surface area contributed by atoms with Gasteiger partial charge in [0, 0.05) is 5.56 Å². The van der Waals surface area contributed by atoms with Gasteiger partial charge in [-0.05, 0) is 41.7 Å². The molecule has 2 aromatic carbocycles. The van der Waals surface area contributed by atoms with Crippen molar-refractivity contribution < 1.29 is 14.3 Å². The fourth-order valence-corrected chi connectivity index (χ4v) is 2.54. The first kappa shape index (κ1) is 20.3. The van der Waals surface area contributed by atoms with Gasteiger partial charge in [-0.3, -0.25) is 4.79 Å². The predicted molar refractivity (Wildman–Crippen MR) is 110 cm³/mol. The quantitative estimate of drug-likeness (QED) is 0.381. The molecule has 140 valence electrons. The maximum Gasteiger partial charge on any atom is 0.185 e. The highest BCUT2D eigenvalue weighted by Crippen LogP contribution is 2.29. The van der Waals surface area contributed by atoms with E-state index < -0.39 is 0 Å². The molecule has 0 amide bonds. The summed E-state index contributed by atoms with van der Waals surface area (Å²) in [5.74, 6) is 3.60. The van der Waals surface area contributed by atoms with E-state index in [1.54, 1.807) is 18.2 Å². The number of benzene rings is 2. The van der Waals surface area contributed by atoms with Crippen LogP contribution in [0.3, 0.4) is 0 Å². The zero-order valence-electron chi connectivity index (χ0n) is 16.4. The van der Waals surface area contributed by atoms with E-state index in [0.29, 0.717) is 23.7 Å². The summed E-state index contributed by atoms with van der Waals surface area (Å²) in [4.78, 5) is 12.4. The van der Waals surface area contributed by atoms with E-state index >= 15 is 0 Å². The van der Waals surface area contributed by atoms with E-state index in [4.69, 9.17) is 15.9 Å². The molecular formula is C24H26O3. The van der Waals surface area contributed by atoms with Crippen molar-refractivity contribution in [1.29, 1.82) is 0 Å². The Bertz CT molecular complexity index is 847. The second kappa shape index (κ2) is 9.09. The van der Waals surface area contributed by atoms with E-state index in [1.807, 2.05) is 43.3 Å². The normalized spacial score (nSPS) is 11.2. The van der Waals surface area contributed by atoms with Crippen molar-refractivity contribution in [2.45, 2.75) is 33.1 Å². The summed E-state index contributed by atoms with van der Waals surface area (Å²) in [6, 6.07) is 13.2. The molecule has 2 rings (SSSR count). The minimum absolute atomic E-state index is 0.0407. The molecule has 0 radical (unpaired) electrons. The second-order valence-electron chi connectivity index (χ2n) is 7.16. The Hall–Kier alpha value is -2.99. The number of ketones is 1. The van der Waals surface area contributed by atoms with Crippen molar-refractivity contribution in [3.05, 3.63) is 65.2 Å². The fraction of sp³-hybridized carbons (Fsp3) is 0.292. The number of hydrogen-bond donors (Lipinski definition) is 0. The molecule has 3 heteroatoms. The van der Waals surface area contributed by atoms with Crippen molar-refractivity contribution in [1.82, 2.24) is 0 Å². The zero-order chi connectivity index (χ0) is 19.9. The van der Waals surface area contributed by atoms with Gasteiger partial charge in [-0.15, -0.1) is 6.42 Å². The zero-order valence-corrected chi connectivity index (χ0v) is 16.4. The lowest BCUT2D eigenvalue weighted by molar-refractivity contribution is 0.104. The number of allylic oxidation sites excluding steroid dienone is 1. The van der Waals surface area contributed by atoms with Crippen LogP contribution in [0.4, 0.5) is 0 Å². The van der Waals surface area contributed by atoms with E-state index in [2.05, 4.69) is 26.7 Å². The molecule has 0 atom stereocenters. The van der Waals surface area contributed by atoms with Crippen molar-refractivity contribution in [3.8, 4) is 23.8 Å². The highest BCUT2D eigenvalue weighted by atomic mass is 16.5. The first-order valence-corrected chi connectivity index (χ1v) is 9.01. The molecule has 3 nitrogen and oxygen atoms in total. The van der Waals surface area contributed by atoms with Crippen molar-refractivity contribution in [3.63, 3.8) is 0 Å². The standard InChI is InChI=1S/C24H26O3/c1-6-16-27-22-15-9-18(17-23(22)26-7-2)8-14-21(25)19-10-12-20(13-11-19)24(3,4)5/h1,8-15,17H,7,16H2,2-5H3/b14-8+. The third-order valence-electron chi connectivity index (χ3n) is 4.04. The molecule has 0 saturated heterocycles. The van der Waals surface area contributed by atoms with E-state index in [-0.39, 0.29) is 17.8 Å². The van der Waals surface area contributed by atoms with Gasteiger partial charge in [-0.2, -0.15) is 0 Å². The number of carbonyl (C=O) groups is 1. The van der Waals surface area contributed by atoms with Crippen molar-refractivity contribution in [2.24, 2.45) is 0 Å². The molecule has 0 fully saturated rings. The van der Waals surface area contributed by atoms with E-state index in [1.165, 1.54) is 5.56 Å². The highest BCUT2D eigenvalue weighted by molar-refractivity contribution is 6.06. The third kappa shape index (κ3) is 5.76. The molecule has 0 aliphatic heterocycles. The van der Waals surface area contributed by atoms with Crippen LogP contribution >= 0.6 is 0 Å². The van der Waals surface area contributed by atoms with E-state index in [0.717, 1.165) is 5.56 Å². The lowest BCUT2D eigenvalue weighted by Gasteiger charge is -2.18. The Morgan fingerprint density at radius 2 is 1.78 bits per heavy atom. The molecule has 0 aliphatic carbocycles. The number of carbonyl (C=O) groups excluding carboxylic acids is 1. The van der Waals surface area contributed by atoms with Crippen LogP contribution in [0.1, 0.15) is 49.2 Å². The van der Waals surface area contributed by atoms with Gasteiger partial charge in [0.1, 0.15) is 6.61 Å². The van der Waals surface area contributed by atoms with Crippen LogP contribution in [0, 0.1) is 12.3 Å². The first-order valence-electron chi connectivity index (χ1n) is 9.01. The van der Waals surface area contributed by atoms with Gasteiger partial charge in [0.15, 0.2) is 17.3 Å². The Morgan fingerprint density at radius 1 is 1.07 bits per heavy atom. The molecule has 0 saturated carbocycles. The smallest absolute Gasteiger partial charge is 0.185 e. The number of rotatable bonds is 7. The average Bonchev–Trinajstić information content (AvgIpc) is 2.65. The second-order valence-corrected chi connectivity index (χ2v) is 7.16. The summed E-state index contributed by atoms with van der Waals surface area (Å²) >= 11 is 0. The van der Waals surface area contributed by atoms with Crippen LogP contribution in [0.5, 0.6) is 11.5 Å². The van der Waals surface area contributed by atoms with Gasteiger partial charge >= 0.3 is 0 Å². The predicted octanol–water partition coefficient (Wildman–Crippen LogP) is 5.29. The lowest BCUT2D eigenvalue weighted by atomic mass is 9.86. The minimum Gasteiger partial charge on any atom is -0.490 e. The molecule has 0 heterocycles. The van der Waals surface area contributed by atoms with E-state index in [9.17, 15) is 4.79 Å². The van der Waals surface area contributed by atoms with Gasteiger partial charge in [0.25, 0.3) is 0 Å².